The number of methoxy groups -OCH3 is 1. The van der Waals surface area contributed by atoms with Crippen molar-refractivity contribution in [2.24, 2.45) is 5.41 Å². The average Bonchev–Trinajstić information content (AvgIpc) is 3.23. The number of ether oxygens (including phenoxy) is 1. The van der Waals surface area contributed by atoms with Crippen molar-refractivity contribution in [3.8, 4) is 0 Å². The van der Waals surface area contributed by atoms with Gasteiger partial charge in [0.05, 0.1) is 4.92 Å². The molecule has 21 heavy (non-hydrogen) atoms. The van der Waals surface area contributed by atoms with Gasteiger partial charge in [-0.3, -0.25) is 10.1 Å². The molecule has 0 aromatic carbocycles. The molecule has 1 fully saturated rings. The van der Waals surface area contributed by atoms with E-state index in [4.69, 9.17) is 9.84 Å². The number of rotatable bonds is 8. The number of carboxylic acid groups (broad SMARTS) is 1. The third kappa shape index (κ3) is 3.66. The number of nitro groups is 1. The zero-order chi connectivity index (χ0) is 15.5. The maximum Gasteiger partial charge on any atom is 0.354 e. The van der Waals surface area contributed by atoms with Gasteiger partial charge in [0.15, 0.2) is 5.69 Å². The molecular formula is C13H17N3O5. The molecule has 1 aromatic heterocycles. The highest BCUT2D eigenvalue weighted by Crippen LogP contribution is 2.48. The lowest BCUT2D eigenvalue weighted by atomic mass is 10.0. The number of pyridine rings is 1. The molecule has 0 atom stereocenters. The van der Waals surface area contributed by atoms with Crippen molar-refractivity contribution >= 4 is 17.5 Å². The Labute approximate surface area is 121 Å². The lowest BCUT2D eigenvalue weighted by Gasteiger charge is -2.16. The van der Waals surface area contributed by atoms with Crippen molar-refractivity contribution in [3.05, 3.63) is 27.9 Å². The van der Waals surface area contributed by atoms with Crippen LogP contribution in [-0.2, 0) is 4.74 Å². The van der Waals surface area contributed by atoms with Crippen LogP contribution in [0.4, 0.5) is 11.5 Å². The van der Waals surface area contributed by atoms with E-state index in [0.29, 0.717) is 13.2 Å². The van der Waals surface area contributed by atoms with E-state index >= 15 is 0 Å². The molecule has 1 aliphatic rings. The third-order valence-electron chi connectivity index (χ3n) is 3.71. The summed E-state index contributed by atoms with van der Waals surface area (Å²) in [6.07, 6.45) is 2.91. The van der Waals surface area contributed by atoms with Gasteiger partial charge in [0.2, 0.25) is 5.82 Å². The van der Waals surface area contributed by atoms with Gasteiger partial charge in [0.1, 0.15) is 0 Å². The van der Waals surface area contributed by atoms with Crippen LogP contribution in [0.5, 0.6) is 0 Å². The second-order valence-electron chi connectivity index (χ2n) is 5.22. The van der Waals surface area contributed by atoms with Crippen LogP contribution >= 0.6 is 0 Å². The Hall–Kier alpha value is -2.22. The summed E-state index contributed by atoms with van der Waals surface area (Å²) in [6, 6.07) is 2.29. The Morgan fingerprint density at radius 1 is 1.57 bits per heavy atom. The zero-order valence-corrected chi connectivity index (χ0v) is 11.7. The lowest BCUT2D eigenvalue weighted by molar-refractivity contribution is -0.384. The minimum atomic E-state index is -1.21. The normalized spacial score (nSPS) is 15.5. The molecule has 0 unspecified atom stereocenters. The van der Waals surface area contributed by atoms with E-state index in [1.807, 2.05) is 0 Å². The van der Waals surface area contributed by atoms with Gasteiger partial charge in [-0.1, -0.05) is 0 Å². The number of carbonyl (C=O) groups is 1. The van der Waals surface area contributed by atoms with Gasteiger partial charge in [0, 0.05) is 26.3 Å². The van der Waals surface area contributed by atoms with Gasteiger partial charge in [-0.15, -0.1) is 0 Å². The molecule has 114 valence electrons. The summed E-state index contributed by atoms with van der Waals surface area (Å²) in [4.78, 5) is 25.1. The van der Waals surface area contributed by atoms with Crippen LogP contribution in [0.1, 0.15) is 29.8 Å². The number of hydrogen-bond acceptors (Lipinski definition) is 6. The molecule has 8 nitrogen and oxygen atoms in total. The van der Waals surface area contributed by atoms with E-state index in [1.165, 1.54) is 0 Å². The Bertz CT molecular complexity index is 557. The molecule has 0 radical (unpaired) electrons. The third-order valence-corrected chi connectivity index (χ3v) is 3.71. The highest BCUT2D eigenvalue weighted by molar-refractivity contribution is 5.86. The monoisotopic (exact) mass is 295 g/mol. The van der Waals surface area contributed by atoms with E-state index in [0.717, 1.165) is 31.4 Å². The van der Waals surface area contributed by atoms with Crippen LogP contribution in [-0.4, -0.2) is 41.2 Å². The maximum atomic E-state index is 11.0. The van der Waals surface area contributed by atoms with Crippen LogP contribution < -0.4 is 5.32 Å². The first-order valence-corrected chi connectivity index (χ1v) is 6.59. The first-order valence-electron chi connectivity index (χ1n) is 6.59. The Kier molecular flexibility index (Phi) is 4.37. The van der Waals surface area contributed by atoms with Gasteiger partial charge in [-0.2, -0.15) is 0 Å². The molecule has 2 N–H and O–H groups in total. The summed E-state index contributed by atoms with van der Waals surface area (Å²) in [6.45, 7) is 1.15. The van der Waals surface area contributed by atoms with Crippen molar-refractivity contribution < 1.29 is 19.6 Å². The van der Waals surface area contributed by atoms with Gasteiger partial charge in [0.25, 0.3) is 0 Å². The minimum Gasteiger partial charge on any atom is -0.477 e. The number of anilines is 1. The molecule has 0 bridgehead atoms. The fourth-order valence-electron chi connectivity index (χ4n) is 2.13. The van der Waals surface area contributed by atoms with Crippen molar-refractivity contribution in [3.63, 3.8) is 0 Å². The predicted octanol–water partition coefficient (Wildman–Crippen LogP) is 1.92. The quantitative estimate of drug-likeness (QED) is 0.556. The fraction of sp³-hybridized carbons (Fsp3) is 0.538. The smallest absolute Gasteiger partial charge is 0.354 e. The van der Waals surface area contributed by atoms with Gasteiger partial charge < -0.3 is 15.2 Å². The van der Waals surface area contributed by atoms with Crippen LogP contribution in [0.25, 0.3) is 0 Å². The summed E-state index contributed by atoms with van der Waals surface area (Å²) in [5.41, 5.74) is -0.363. The topological polar surface area (TPSA) is 115 Å². The molecule has 1 aliphatic carbocycles. The lowest BCUT2D eigenvalue weighted by Crippen LogP contribution is -2.19. The maximum absolute atomic E-state index is 11.0. The number of aromatic nitrogens is 1. The highest BCUT2D eigenvalue weighted by atomic mass is 16.6. The first kappa shape index (κ1) is 15.2. The summed E-state index contributed by atoms with van der Waals surface area (Å²) in [5.74, 6) is -1.21. The van der Waals surface area contributed by atoms with E-state index in [9.17, 15) is 14.9 Å². The van der Waals surface area contributed by atoms with Crippen molar-refractivity contribution in [1.82, 2.24) is 4.98 Å². The van der Waals surface area contributed by atoms with E-state index < -0.39 is 10.9 Å². The van der Waals surface area contributed by atoms with E-state index in [-0.39, 0.29) is 22.6 Å². The van der Waals surface area contributed by atoms with Crippen molar-refractivity contribution in [2.75, 3.05) is 25.6 Å². The van der Waals surface area contributed by atoms with Crippen LogP contribution in [0.2, 0.25) is 0 Å². The van der Waals surface area contributed by atoms with Gasteiger partial charge in [-0.05, 0) is 30.7 Å². The Balaban J connectivity index is 2.12. The van der Waals surface area contributed by atoms with Gasteiger partial charge in [-0.25, -0.2) is 9.78 Å². The van der Waals surface area contributed by atoms with Crippen molar-refractivity contribution in [1.29, 1.82) is 0 Å². The Morgan fingerprint density at radius 2 is 2.29 bits per heavy atom. The molecule has 1 aromatic rings. The summed E-state index contributed by atoms with van der Waals surface area (Å²) in [5, 5.41) is 22.8. The van der Waals surface area contributed by atoms with Crippen molar-refractivity contribution in [2.45, 2.75) is 19.3 Å². The number of carboxylic acids is 1. The van der Waals surface area contributed by atoms with Crippen LogP contribution in [0.3, 0.4) is 0 Å². The number of nitrogens with zero attached hydrogens (tertiary/aromatic N) is 2. The molecule has 1 saturated carbocycles. The molecule has 2 rings (SSSR count). The Morgan fingerprint density at radius 3 is 2.81 bits per heavy atom. The SMILES string of the molecule is COCCC1(CNc2nc(C(=O)O)ccc2[N+](=O)[O-])CC1. The second kappa shape index (κ2) is 6.04. The second-order valence-corrected chi connectivity index (χ2v) is 5.22. The number of nitrogens with one attached hydrogen (secondary N) is 1. The summed E-state index contributed by atoms with van der Waals surface area (Å²) < 4.78 is 5.05. The molecule has 1 heterocycles. The van der Waals surface area contributed by atoms with E-state index in [2.05, 4.69) is 10.3 Å². The number of hydrogen-bond donors (Lipinski definition) is 2. The standard InChI is InChI=1S/C13H17N3O5/c1-21-7-6-13(4-5-13)8-14-11-10(16(19)20)3-2-9(15-11)12(17)18/h2-3H,4-8H2,1H3,(H,14,15)(H,17,18). The predicted molar refractivity (Wildman–Crippen MR) is 74.5 cm³/mol. The molecular weight excluding hydrogens is 278 g/mol. The molecule has 0 spiro atoms. The highest BCUT2D eigenvalue weighted by Gasteiger charge is 2.42. The minimum absolute atomic E-state index is 0.00333. The summed E-state index contributed by atoms with van der Waals surface area (Å²) >= 11 is 0. The zero-order valence-electron chi connectivity index (χ0n) is 11.7. The van der Waals surface area contributed by atoms with Crippen LogP contribution in [0, 0.1) is 15.5 Å². The molecule has 0 amide bonds. The largest absolute Gasteiger partial charge is 0.477 e. The van der Waals surface area contributed by atoms with Crippen LogP contribution in [0.15, 0.2) is 12.1 Å². The number of aromatic carboxylic acids is 1. The summed E-state index contributed by atoms with van der Waals surface area (Å²) in [7, 11) is 1.63. The molecule has 0 aliphatic heterocycles. The fourth-order valence-corrected chi connectivity index (χ4v) is 2.13. The average molecular weight is 295 g/mol. The molecule has 8 heteroatoms. The first-order chi connectivity index (χ1) is 9.97. The van der Waals surface area contributed by atoms with E-state index in [1.54, 1.807) is 7.11 Å². The molecule has 0 saturated heterocycles. The van der Waals surface area contributed by atoms with Gasteiger partial charge >= 0.3 is 11.7 Å².